The molecule has 0 spiro atoms. The number of hydrogen-bond acceptors (Lipinski definition) is 6. The Balaban J connectivity index is 2.43. The summed E-state index contributed by atoms with van der Waals surface area (Å²) in [4.78, 5) is 22.4. The molecule has 0 bridgehead atoms. The molecule has 116 valence electrons. The molecule has 1 unspecified atom stereocenters. The predicted octanol–water partition coefficient (Wildman–Crippen LogP) is 1.16. The molecule has 2 heterocycles. The number of sulfonamides is 1. The minimum absolute atomic E-state index is 0.178. The lowest BCUT2D eigenvalue weighted by Gasteiger charge is -2.32. The standard InChI is InChI=1S/C12H15NO6S2/c1-19-12(16)8-4-2-3-6-13(8)21(17,18)9-5-7-20-10(9)11(14)15/h5,7-8H,2-4,6H2,1H3,(H,14,15). The molecule has 1 aromatic heterocycles. The SMILES string of the molecule is COC(=O)C1CCCCN1S(=O)(=O)c1ccsc1C(=O)O. The first-order valence-electron chi connectivity index (χ1n) is 6.30. The number of esters is 1. The van der Waals surface area contributed by atoms with E-state index >= 15 is 0 Å². The van der Waals surface area contributed by atoms with Gasteiger partial charge in [-0.05, 0) is 30.7 Å². The average Bonchev–Trinajstić information content (AvgIpc) is 2.97. The summed E-state index contributed by atoms with van der Waals surface area (Å²) in [5.74, 6) is -1.92. The number of carbonyl (C=O) groups is 2. The van der Waals surface area contributed by atoms with Crippen molar-refractivity contribution in [3.63, 3.8) is 0 Å². The van der Waals surface area contributed by atoms with Crippen LogP contribution in [0.4, 0.5) is 0 Å². The highest BCUT2D eigenvalue weighted by Gasteiger charge is 2.40. The molecule has 0 saturated carbocycles. The Bertz CT molecular complexity index is 650. The van der Waals surface area contributed by atoms with Gasteiger partial charge in [-0.3, -0.25) is 4.79 Å². The number of piperidine rings is 1. The molecule has 1 fully saturated rings. The number of ether oxygens (including phenoxy) is 1. The van der Waals surface area contributed by atoms with Crippen LogP contribution in [0, 0.1) is 0 Å². The van der Waals surface area contributed by atoms with Crippen LogP contribution in [0.5, 0.6) is 0 Å². The van der Waals surface area contributed by atoms with Gasteiger partial charge >= 0.3 is 11.9 Å². The fourth-order valence-corrected chi connectivity index (χ4v) is 5.23. The molecular weight excluding hydrogens is 318 g/mol. The number of carboxylic acids is 1. The molecule has 7 nitrogen and oxygen atoms in total. The predicted molar refractivity (Wildman–Crippen MR) is 74.8 cm³/mol. The van der Waals surface area contributed by atoms with Gasteiger partial charge in [0, 0.05) is 6.54 Å². The van der Waals surface area contributed by atoms with E-state index in [-0.39, 0.29) is 16.3 Å². The number of aromatic carboxylic acids is 1. The van der Waals surface area contributed by atoms with Gasteiger partial charge in [0.2, 0.25) is 10.0 Å². The zero-order valence-corrected chi connectivity index (χ0v) is 12.9. The summed E-state index contributed by atoms with van der Waals surface area (Å²) in [7, 11) is -2.83. The number of carboxylic acid groups (broad SMARTS) is 1. The summed E-state index contributed by atoms with van der Waals surface area (Å²) in [6, 6.07) is 0.363. The Labute approximate surface area is 126 Å². The third-order valence-electron chi connectivity index (χ3n) is 3.34. The molecule has 1 N–H and O–H groups in total. The summed E-state index contributed by atoms with van der Waals surface area (Å²) >= 11 is 0.842. The fourth-order valence-electron chi connectivity index (χ4n) is 2.35. The van der Waals surface area contributed by atoms with Crippen molar-refractivity contribution < 1.29 is 27.9 Å². The summed E-state index contributed by atoms with van der Waals surface area (Å²) in [6.07, 6.45) is 1.72. The van der Waals surface area contributed by atoms with Crippen LogP contribution < -0.4 is 0 Å². The van der Waals surface area contributed by atoms with Crippen molar-refractivity contribution in [1.29, 1.82) is 0 Å². The Morgan fingerprint density at radius 1 is 1.43 bits per heavy atom. The van der Waals surface area contributed by atoms with Gasteiger partial charge in [0.15, 0.2) is 0 Å². The van der Waals surface area contributed by atoms with Crippen molar-refractivity contribution in [1.82, 2.24) is 4.31 Å². The largest absolute Gasteiger partial charge is 0.477 e. The maximum Gasteiger partial charge on any atom is 0.347 e. The molecule has 0 aromatic carbocycles. The molecule has 1 aromatic rings. The van der Waals surface area contributed by atoms with Crippen LogP contribution in [0.25, 0.3) is 0 Å². The van der Waals surface area contributed by atoms with E-state index in [1.807, 2.05) is 0 Å². The number of nitrogens with zero attached hydrogens (tertiary/aromatic N) is 1. The topological polar surface area (TPSA) is 101 Å². The average molecular weight is 333 g/mol. The lowest BCUT2D eigenvalue weighted by molar-refractivity contribution is -0.146. The molecular formula is C12H15NO6S2. The monoisotopic (exact) mass is 333 g/mol. The number of thiophene rings is 1. The fraction of sp³-hybridized carbons (Fsp3) is 0.500. The Morgan fingerprint density at radius 2 is 2.14 bits per heavy atom. The van der Waals surface area contributed by atoms with E-state index < -0.39 is 28.0 Å². The van der Waals surface area contributed by atoms with Crippen molar-refractivity contribution in [2.24, 2.45) is 0 Å². The van der Waals surface area contributed by atoms with Crippen LogP contribution in [0.3, 0.4) is 0 Å². The van der Waals surface area contributed by atoms with Crippen molar-refractivity contribution in [2.45, 2.75) is 30.2 Å². The van der Waals surface area contributed by atoms with E-state index in [4.69, 9.17) is 5.11 Å². The molecule has 1 saturated heterocycles. The molecule has 0 aliphatic carbocycles. The van der Waals surface area contributed by atoms with Gasteiger partial charge in [-0.2, -0.15) is 4.31 Å². The van der Waals surface area contributed by atoms with Crippen molar-refractivity contribution >= 4 is 33.3 Å². The van der Waals surface area contributed by atoms with Crippen LogP contribution >= 0.6 is 11.3 Å². The Kier molecular flexibility index (Phi) is 4.64. The summed E-state index contributed by atoms with van der Waals surface area (Å²) in [5.41, 5.74) is 0. The first kappa shape index (κ1) is 15.9. The number of methoxy groups -OCH3 is 1. The summed E-state index contributed by atoms with van der Waals surface area (Å²) in [6.45, 7) is 0.178. The second-order valence-corrected chi connectivity index (χ2v) is 7.34. The van der Waals surface area contributed by atoms with Crippen LogP contribution in [-0.2, 0) is 19.6 Å². The molecule has 1 aliphatic heterocycles. The smallest absolute Gasteiger partial charge is 0.347 e. The van der Waals surface area contributed by atoms with Gasteiger partial charge in [-0.15, -0.1) is 11.3 Å². The highest BCUT2D eigenvalue weighted by molar-refractivity contribution is 7.89. The Hall–Kier alpha value is -1.45. The van der Waals surface area contributed by atoms with Gasteiger partial charge in [-0.1, -0.05) is 0 Å². The van der Waals surface area contributed by atoms with E-state index in [9.17, 15) is 18.0 Å². The molecule has 0 radical (unpaired) electrons. The number of rotatable bonds is 4. The van der Waals surface area contributed by atoms with Gasteiger partial charge in [-0.25, -0.2) is 13.2 Å². The number of hydrogen-bond donors (Lipinski definition) is 1. The minimum atomic E-state index is -4.04. The van der Waals surface area contributed by atoms with Gasteiger partial charge in [0.1, 0.15) is 15.8 Å². The maximum absolute atomic E-state index is 12.7. The molecule has 1 atom stereocenters. The number of carbonyl (C=O) groups excluding carboxylic acids is 1. The summed E-state index contributed by atoms with van der Waals surface area (Å²) < 4.78 is 31.0. The lowest BCUT2D eigenvalue weighted by Crippen LogP contribution is -2.48. The van der Waals surface area contributed by atoms with Gasteiger partial charge in [0.05, 0.1) is 7.11 Å². The van der Waals surface area contributed by atoms with Gasteiger partial charge < -0.3 is 9.84 Å². The first-order valence-corrected chi connectivity index (χ1v) is 8.62. The van der Waals surface area contributed by atoms with Crippen molar-refractivity contribution in [2.75, 3.05) is 13.7 Å². The first-order chi connectivity index (χ1) is 9.89. The molecule has 2 rings (SSSR count). The normalized spacial score (nSPS) is 20.1. The quantitative estimate of drug-likeness (QED) is 0.830. The van der Waals surface area contributed by atoms with E-state index in [0.717, 1.165) is 22.1 Å². The van der Waals surface area contributed by atoms with Gasteiger partial charge in [0.25, 0.3) is 0 Å². The molecule has 1 aliphatic rings. The zero-order chi connectivity index (χ0) is 15.6. The van der Waals surface area contributed by atoms with Crippen molar-refractivity contribution in [3.05, 3.63) is 16.3 Å². The highest BCUT2D eigenvalue weighted by atomic mass is 32.2. The summed E-state index contributed by atoms with van der Waals surface area (Å²) in [5, 5.41) is 10.5. The third-order valence-corrected chi connectivity index (χ3v) is 6.32. The lowest BCUT2D eigenvalue weighted by atomic mass is 10.1. The van der Waals surface area contributed by atoms with E-state index in [1.165, 1.54) is 18.6 Å². The maximum atomic E-state index is 12.7. The van der Waals surface area contributed by atoms with Crippen LogP contribution in [0.15, 0.2) is 16.3 Å². The molecule has 0 amide bonds. The van der Waals surface area contributed by atoms with Crippen LogP contribution in [0.2, 0.25) is 0 Å². The molecule has 9 heteroatoms. The highest BCUT2D eigenvalue weighted by Crippen LogP contribution is 2.30. The third kappa shape index (κ3) is 2.94. The second-order valence-electron chi connectivity index (χ2n) is 4.57. The van der Waals surface area contributed by atoms with E-state index in [2.05, 4.69) is 4.74 Å². The van der Waals surface area contributed by atoms with Crippen LogP contribution in [0.1, 0.15) is 28.9 Å². The molecule has 21 heavy (non-hydrogen) atoms. The van der Waals surface area contributed by atoms with E-state index in [1.54, 1.807) is 0 Å². The zero-order valence-electron chi connectivity index (χ0n) is 11.3. The Morgan fingerprint density at radius 3 is 2.76 bits per heavy atom. The second kappa shape index (κ2) is 6.12. The van der Waals surface area contributed by atoms with Crippen LogP contribution in [-0.4, -0.2) is 49.5 Å². The van der Waals surface area contributed by atoms with E-state index in [0.29, 0.717) is 12.8 Å². The van der Waals surface area contributed by atoms with Crippen molar-refractivity contribution in [3.8, 4) is 0 Å². The minimum Gasteiger partial charge on any atom is -0.477 e.